The number of hydrogen-bond donors (Lipinski definition) is 0. The lowest BCUT2D eigenvalue weighted by molar-refractivity contribution is 0.415. The highest BCUT2D eigenvalue weighted by Gasteiger charge is 1.99. The minimum atomic E-state index is 0.643. The molecule has 0 fully saturated rings. The second-order valence-corrected chi connectivity index (χ2v) is 4.73. The lowest BCUT2D eigenvalue weighted by atomic mass is 10.1. The van der Waals surface area contributed by atoms with Gasteiger partial charge in [-0.05, 0) is 36.1 Å². The largest absolute Gasteiger partial charge is 0.495 e. The molecule has 0 spiro atoms. The summed E-state index contributed by atoms with van der Waals surface area (Å²) >= 11 is 5.99. The molecule has 98 valence electrons. The molecule has 0 saturated carbocycles. The summed E-state index contributed by atoms with van der Waals surface area (Å²) < 4.78 is 5.20. The van der Waals surface area contributed by atoms with E-state index in [-0.39, 0.29) is 0 Å². The maximum atomic E-state index is 5.99. The van der Waals surface area contributed by atoms with Crippen molar-refractivity contribution in [1.29, 1.82) is 0 Å². The van der Waals surface area contributed by atoms with Crippen molar-refractivity contribution in [3.05, 3.63) is 70.8 Å². The monoisotopic (exact) mass is 272 g/mol. The first-order chi connectivity index (χ1) is 9.29. The van der Waals surface area contributed by atoms with Gasteiger partial charge >= 0.3 is 0 Å². The number of rotatable bonds is 5. The predicted molar refractivity (Wildman–Crippen MR) is 81.8 cm³/mol. The van der Waals surface area contributed by atoms with Crippen molar-refractivity contribution in [3.63, 3.8) is 0 Å². The molecule has 0 aliphatic carbocycles. The van der Waals surface area contributed by atoms with Crippen LogP contribution in [0.3, 0.4) is 0 Å². The molecule has 2 aromatic carbocycles. The van der Waals surface area contributed by atoms with Crippen molar-refractivity contribution in [2.75, 3.05) is 7.11 Å². The van der Waals surface area contributed by atoms with Crippen molar-refractivity contribution in [3.8, 4) is 5.75 Å². The summed E-state index contributed by atoms with van der Waals surface area (Å²) in [6.07, 6.45) is 6.36. The van der Waals surface area contributed by atoms with Crippen LogP contribution >= 0.6 is 11.6 Å². The molecule has 0 aromatic heterocycles. The van der Waals surface area contributed by atoms with Gasteiger partial charge in [-0.25, -0.2) is 0 Å². The first-order valence-corrected chi connectivity index (χ1v) is 6.71. The van der Waals surface area contributed by atoms with Gasteiger partial charge in [0, 0.05) is 0 Å². The number of methoxy groups -OCH3 is 1. The van der Waals surface area contributed by atoms with Crippen LogP contribution in [0.25, 0.3) is 6.08 Å². The molecule has 19 heavy (non-hydrogen) atoms. The van der Waals surface area contributed by atoms with Gasteiger partial charge in [-0.1, -0.05) is 60.2 Å². The molecule has 0 heterocycles. The van der Waals surface area contributed by atoms with Gasteiger partial charge in [0.05, 0.1) is 12.1 Å². The number of allylic oxidation sites excluding steroid dienone is 1. The Hall–Kier alpha value is -1.73. The maximum absolute atomic E-state index is 5.99. The van der Waals surface area contributed by atoms with Gasteiger partial charge < -0.3 is 4.74 Å². The molecule has 0 amide bonds. The van der Waals surface area contributed by atoms with Gasteiger partial charge in [0.15, 0.2) is 0 Å². The van der Waals surface area contributed by atoms with Crippen molar-refractivity contribution in [2.45, 2.75) is 12.8 Å². The summed E-state index contributed by atoms with van der Waals surface area (Å²) in [6.45, 7) is 0. The lowest BCUT2D eigenvalue weighted by Gasteiger charge is -2.03. The van der Waals surface area contributed by atoms with Crippen LogP contribution in [-0.4, -0.2) is 7.11 Å². The summed E-state index contributed by atoms with van der Waals surface area (Å²) in [5.74, 6) is 0.715. The Morgan fingerprint density at radius 3 is 2.63 bits per heavy atom. The zero-order valence-electron chi connectivity index (χ0n) is 11.0. The van der Waals surface area contributed by atoms with Gasteiger partial charge in [0.2, 0.25) is 0 Å². The highest BCUT2D eigenvalue weighted by atomic mass is 35.5. The van der Waals surface area contributed by atoms with Crippen molar-refractivity contribution in [2.24, 2.45) is 0 Å². The second kappa shape index (κ2) is 7.01. The smallest absolute Gasteiger partial charge is 0.138 e. The van der Waals surface area contributed by atoms with Crippen LogP contribution in [0.5, 0.6) is 5.75 Å². The zero-order valence-corrected chi connectivity index (χ0v) is 11.7. The third-order valence-corrected chi connectivity index (χ3v) is 3.24. The standard InChI is InChI=1S/C17H17ClO/c1-19-17-13-15(11-12-16(17)18)10-6-5-9-14-7-3-2-4-8-14/h2-4,6-8,10-13H,5,9H2,1H3/b10-6+. The Morgan fingerprint density at radius 1 is 1.11 bits per heavy atom. The molecule has 0 unspecified atom stereocenters. The highest BCUT2D eigenvalue weighted by Crippen LogP contribution is 2.25. The van der Waals surface area contributed by atoms with E-state index in [1.54, 1.807) is 7.11 Å². The molecule has 0 aliphatic heterocycles. The topological polar surface area (TPSA) is 9.23 Å². The fraction of sp³-hybridized carbons (Fsp3) is 0.176. The van der Waals surface area contributed by atoms with Gasteiger partial charge in [0.1, 0.15) is 5.75 Å². The van der Waals surface area contributed by atoms with Crippen LogP contribution in [0.4, 0.5) is 0 Å². The van der Waals surface area contributed by atoms with E-state index in [9.17, 15) is 0 Å². The van der Waals surface area contributed by atoms with Gasteiger partial charge in [0.25, 0.3) is 0 Å². The van der Waals surface area contributed by atoms with E-state index in [4.69, 9.17) is 16.3 Å². The lowest BCUT2D eigenvalue weighted by Crippen LogP contribution is -1.85. The average molecular weight is 273 g/mol. The molecular weight excluding hydrogens is 256 g/mol. The average Bonchev–Trinajstić information content (AvgIpc) is 2.46. The van der Waals surface area contributed by atoms with Crippen molar-refractivity contribution < 1.29 is 4.74 Å². The summed E-state index contributed by atoms with van der Waals surface area (Å²) in [4.78, 5) is 0. The van der Waals surface area contributed by atoms with E-state index in [1.807, 2.05) is 24.3 Å². The Labute approximate surface area is 119 Å². The molecule has 2 rings (SSSR count). The van der Waals surface area contributed by atoms with Gasteiger partial charge in [-0.2, -0.15) is 0 Å². The van der Waals surface area contributed by atoms with E-state index in [0.717, 1.165) is 18.4 Å². The van der Waals surface area contributed by atoms with Gasteiger partial charge in [-0.15, -0.1) is 0 Å². The molecule has 2 heteroatoms. The minimum Gasteiger partial charge on any atom is -0.495 e. The molecular formula is C17H17ClO. The van der Waals surface area contributed by atoms with Gasteiger partial charge in [-0.3, -0.25) is 0 Å². The van der Waals surface area contributed by atoms with E-state index < -0.39 is 0 Å². The number of ether oxygens (including phenoxy) is 1. The summed E-state index contributed by atoms with van der Waals surface area (Å²) in [5.41, 5.74) is 2.47. The summed E-state index contributed by atoms with van der Waals surface area (Å²) in [5, 5.41) is 0.643. The normalized spacial score (nSPS) is 10.8. The SMILES string of the molecule is COc1cc(/C=C/CCc2ccccc2)ccc1Cl. The maximum Gasteiger partial charge on any atom is 0.138 e. The van der Waals surface area contributed by atoms with Crippen LogP contribution in [-0.2, 0) is 6.42 Å². The molecule has 0 N–H and O–H groups in total. The van der Waals surface area contributed by atoms with E-state index in [0.29, 0.717) is 10.8 Å². The van der Waals surface area contributed by atoms with Crippen molar-refractivity contribution >= 4 is 17.7 Å². The summed E-state index contributed by atoms with van der Waals surface area (Å²) in [6, 6.07) is 16.3. The Morgan fingerprint density at radius 2 is 1.89 bits per heavy atom. The fourth-order valence-electron chi connectivity index (χ4n) is 1.89. The molecule has 1 nitrogen and oxygen atoms in total. The third-order valence-electron chi connectivity index (χ3n) is 2.93. The molecule has 2 aromatic rings. The number of aryl methyl sites for hydroxylation is 1. The van der Waals surface area contributed by atoms with Crippen LogP contribution in [0.1, 0.15) is 17.5 Å². The summed E-state index contributed by atoms with van der Waals surface area (Å²) in [7, 11) is 1.63. The van der Waals surface area contributed by atoms with Crippen LogP contribution in [0, 0.1) is 0 Å². The van der Waals surface area contributed by atoms with Crippen molar-refractivity contribution in [1.82, 2.24) is 0 Å². The Bertz CT molecular complexity index is 546. The third kappa shape index (κ3) is 4.15. The number of halogens is 1. The predicted octanol–water partition coefficient (Wildman–Crippen LogP) is 4.99. The zero-order chi connectivity index (χ0) is 13.5. The minimum absolute atomic E-state index is 0.643. The number of benzene rings is 2. The van der Waals surface area contributed by atoms with Crippen LogP contribution in [0.2, 0.25) is 5.02 Å². The van der Waals surface area contributed by atoms with E-state index >= 15 is 0 Å². The molecule has 0 radical (unpaired) electrons. The highest BCUT2D eigenvalue weighted by molar-refractivity contribution is 6.32. The van der Waals surface area contributed by atoms with Crippen LogP contribution < -0.4 is 4.74 Å². The molecule has 0 bridgehead atoms. The molecule has 0 saturated heterocycles. The second-order valence-electron chi connectivity index (χ2n) is 4.32. The quantitative estimate of drug-likeness (QED) is 0.745. The molecule has 0 atom stereocenters. The Balaban J connectivity index is 1.92. The first-order valence-electron chi connectivity index (χ1n) is 6.33. The first kappa shape index (κ1) is 13.7. The van der Waals surface area contributed by atoms with Crippen LogP contribution in [0.15, 0.2) is 54.6 Å². The number of hydrogen-bond acceptors (Lipinski definition) is 1. The fourth-order valence-corrected chi connectivity index (χ4v) is 2.09. The van der Waals surface area contributed by atoms with E-state index in [1.165, 1.54) is 5.56 Å². The van der Waals surface area contributed by atoms with E-state index in [2.05, 4.69) is 36.4 Å². The molecule has 0 aliphatic rings. The Kier molecular flexibility index (Phi) is 5.05.